The molecule has 0 aromatic carbocycles. The van der Waals surface area contributed by atoms with Crippen molar-refractivity contribution in [3.8, 4) is 0 Å². The summed E-state index contributed by atoms with van der Waals surface area (Å²) in [5, 5.41) is 45.6. The molecule has 82 valence electrons. The van der Waals surface area contributed by atoms with Crippen LogP contribution >= 0.6 is 0 Å². The molecule has 5 N–H and O–H groups in total. The maximum atomic E-state index is 10.4. The predicted molar refractivity (Wildman–Crippen MR) is 41.0 cm³/mol. The minimum Gasteiger partial charge on any atom is -0.394 e. The van der Waals surface area contributed by atoms with Gasteiger partial charge >= 0.3 is 0 Å². The fourth-order valence-electron chi connectivity index (χ4n) is 1.28. The second-order valence-corrected chi connectivity index (χ2v) is 3.13. The molecule has 7 heteroatoms. The summed E-state index contributed by atoms with van der Waals surface area (Å²) in [5.74, 6) is -2.59. The summed E-state index contributed by atoms with van der Waals surface area (Å²) in [6.45, 7) is -0.693. The Kier molecular flexibility index (Phi) is 3.20. The van der Waals surface area contributed by atoms with Crippen molar-refractivity contribution in [3.63, 3.8) is 0 Å². The largest absolute Gasteiger partial charge is 0.394 e. The lowest BCUT2D eigenvalue weighted by Crippen LogP contribution is -2.65. The molecule has 0 amide bonds. The number of carbonyl (C=O) groups is 1. The van der Waals surface area contributed by atoms with Crippen molar-refractivity contribution in [1.82, 2.24) is 0 Å². The summed E-state index contributed by atoms with van der Waals surface area (Å²) in [6, 6.07) is 0. The van der Waals surface area contributed by atoms with E-state index in [0.717, 1.165) is 0 Å². The van der Waals surface area contributed by atoms with E-state index in [-0.39, 0.29) is 6.29 Å². The van der Waals surface area contributed by atoms with Gasteiger partial charge in [0.15, 0.2) is 6.29 Å². The molecule has 0 spiro atoms. The van der Waals surface area contributed by atoms with Crippen LogP contribution in [0.1, 0.15) is 0 Å². The van der Waals surface area contributed by atoms with Crippen LogP contribution in [0.15, 0.2) is 0 Å². The topological polar surface area (TPSA) is 127 Å². The maximum absolute atomic E-state index is 10.4. The Labute approximate surface area is 79.2 Å². The highest BCUT2D eigenvalue weighted by Crippen LogP contribution is 2.26. The van der Waals surface area contributed by atoms with Gasteiger partial charge in [-0.2, -0.15) is 0 Å². The zero-order valence-corrected chi connectivity index (χ0v) is 7.15. The van der Waals surface area contributed by atoms with Crippen LogP contribution in [0.25, 0.3) is 0 Å². The van der Waals surface area contributed by atoms with Gasteiger partial charge in [0.2, 0.25) is 0 Å². The van der Waals surface area contributed by atoms with Crippen LogP contribution in [-0.4, -0.2) is 68.6 Å². The first-order valence-corrected chi connectivity index (χ1v) is 3.98. The summed E-state index contributed by atoms with van der Waals surface area (Å²) < 4.78 is 4.54. The number of hydrogen-bond acceptors (Lipinski definition) is 7. The quantitative estimate of drug-likeness (QED) is 0.296. The van der Waals surface area contributed by atoms with E-state index in [1.54, 1.807) is 0 Å². The van der Waals surface area contributed by atoms with E-state index < -0.39 is 36.8 Å². The normalized spacial score (nSPS) is 48.9. The molecule has 0 aromatic rings. The number of rotatable bonds is 2. The van der Waals surface area contributed by atoms with Crippen LogP contribution in [0.4, 0.5) is 0 Å². The molecule has 7 nitrogen and oxygen atoms in total. The molecule has 1 aliphatic rings. The van der Waals surface area contributed by atoms with Crippen molar-refractivity contribution in [2.75, 3.05) is 6.61 Å². The van der Waals surface area contributed by atoms with E-state index in [9.17, 15) is 25.2 Å². The third-order valence-electron chi connectivity index (χ3n) is 2.17. The molecule has 1 fully saturated rings. The van der Waals surface area contributed by atoms with Gasteiger partial charge < -0.3 is 30.3 Å². The van der Waals surface area contributed by atoms with Gasteiger partial charge in [-0.3, -0.25) is 4.79 Å². The van der Waals surface area contributed by atoms with Crippen LogP contribution in [0.2, 0.25) is 0 Å². The SMILES string of the molecule is O=C[C@]1(O)O[C@H](CO)[C@@H](O)[C@H](O)[C@@H]1O. The van der Waals surface area contributed by atoms with Gasteiger partial charge in [0.1, 0.15) is 24.4 Å². The maximum Gasteiger partial charge on any atom is 0.253 e. The van der Waals surface area contributed by atoms with Gasteiger partial charge in [-0.15, -0.1) is 0 Å². The summed E-state index contributed by atoms with van der Waals surface area (Å²) in [7, 11) is 0. The lowest BCUT2D eigenvalue weighted by atomic mass is 9.93. The van der Waals surface area contributed by atoms with Crippen molar-refractivity contribution >= 4 is 6.29 Å². The Bertz CT molecular complexity index is 218. The minimum absolute atomic E-state index is 0.102. The summed E-state index contributed by atoms with van der Waals surface area (Å²) in [4.78, 5) is 10.4. The van der Waals surface area contributed by atoms with Gasteiger partial charge in [0, 0.05) is 0 Å². The third kappa shape index (κ3) is 1.65. The van der Waals surface area contributed by atoms with E-state index in [1.165, 1.54) is 0 Å². The standard InChI is InChI=1S/C7H12O7/c8-1-3-4(10)5(11)6(12)7(13,2-9)14-3/h2-6,8,10-13H,1H2/t3-,4-,5+,6+,7+/m1/s1. The average molecular weight is 208 g/mol. The summed E-state index contributed by atoms with van der Waals surface area (Å²) in [6.07, 6.45) is -6.68. The van der Waals surface area contributed by atoms with Crippen LogP contribution in [-0.2, 0) is 9.53 Å². The molecule has 1 heterocycles. The van der Waals surface area contributed by atoms with Gasteiger partial charge in [0.05, 0.1) is 6.61 Å². The van der Waals surface area contributed by atoms with Gasteiger partial charge in [-0.25, -0.2) is 0 Å². The predicted octanol–water partition coefficient (Wildman–Crippen LogP) is -3.65. The van der Waals surface area contributed by atoms with Crippen LogP contribution in [0.5, 0.6) is 0 Å². The van der Waals surface area contributed by atoms with E-state index in [0.29, 0.717) is 0 Å². The fraction of sp³-hybridized carbons (Fsp3) is 0.857. The average Bonchev–Trinajstić information content (AvgIpc) is 2.20. The number of aliphatic hydroxyl groups excluding tert-OH is 4. The number of ether oxygens (including phenoxy) is 1. The first-order chi connectivity index (χ1) is 6.46. The molecular formula is C7H12O7. The molecule has 5 atom stereocenters. The molecular weight excluding hydrogens is 196 g/mol. The Hall–Kier alpha value is -0.570. The Morgan fingerprint density at radius 2 is 1.86 bits per heavy atom. The summed E-state index contributed by atoms with van der Waals surface area (Å²) >= 11 is 0. The minimum atomic E-state index is -2.59. The van der Waals surface area contributed by atoms with Crippen LogP contribution in [0.3, 0.4) is 0 Å². The molecule has 0 saturated carbocycles. The molecule has 0 aliphatic carbocycles. The highest BCUT2D eigenvalue weighted by atomic mass is 16.7. The van der Waals surface area contributed by atoms with E-state index in [2.05, 4.69) is 4.74 Å². The third-order valence-corrected chi connectivity index (χ3v) is 2.17. The number of hydrogen-bond donors (Lipinski definition) is 5. The Balaban J connectivity index is 2.89. The second kappa shape index (κ2) is 3.89. The molecule has 0 radical (unpaired) electrons. The molecule has 14 heavy (non-hydrogen) atoms. The Morgan fingerprint density at radius 1 is 1.29 bits per heavy atom. The zero-order chi connectivity index (χ0) is 10.9. The van der Waals surface area contributed by atoms with Crippen LogP contribution < -0.4 is 0 Å². The van der Waals surface area contributed by atoms with Crippen molar-refractivity contribution in [1.29, 1.82) is 0 Å². The molecule has 0 unspecified atom stereocenters. The summed E-state index contributed by atoms with van der Waals surface area (Å²) in [5.41, 5.74) is 0. The molecule has 1 rings (SSSR count). The van der Waals surface area contributed by atoms with Crippen molar-refractivity contribution in [3.05, 3.63) is 0 Å². The highest BCUT2D eigenvalue weighted by molar-refractivity contribution is 5.61. The number of carbonyl (C=O) groups excluding carboxylic acids is 1. The van der Waals surface area contributed by atoms with E-state index in [1.807, 2.05) is 0 Å². The Morgan fingerprint density at radius 3 is 2.29 bits per heavy atom. The first kappa shape index (κ1) is 11.5. The first-order valence-electron chi connectivity index (χ1n) is 3.98. The van der Waals surface area contributed by atoms with Crippen molar-refractivity contribution in [2.24, 2.45) is 0 Å². The highest BCUT2D eigenvalue weighted by Gasteiger charge is 2.52. The number of aliphatic hydroxyl groups is 5. The van der Waals surface area contributed by atoms with E-state index >= 15 is 0 Å². The number of aldehydes is 1. The van der Waals surface area contributed by atoms with Gasteiger partial charge in [-0.05, 0) is 0 Å². The van der Waals surface area contributed by atoms with Gasteiger partial charge in [0.25, 0.3) is 5.79 Å². The van der Waals surface area contributed by atoms with Crippen molar-refractivity contribution in [2.45, 2.75) is 30.2 Å². The lowest BCUT2D eigenvalue weighted by Gasteiger charge is -2.42. The lowest BCUT2D eigenvalue weighted by molar-refractivity contribution is -0.326. The molecule has 0 aromatic heterocycles. The van der Waals surface area contributed by atoms with E-state index in [4.69, 9.17) is 5.11 Å². The molecule has 1 saturated heterocycles. The molecule has 0 bridgehead atoms. The van der Waals surface area contributed by atoms with Gasteiger partial charge in [-0.1, -0.05) is 0 Å². The molecule has 1 aliphatic heterocycles. The monoisotopic (exact) mass is 208 g/mol. The van der Waals surface area contributed by atoms with Crippen molar-refractivity contribution < 1.29 is 35.1 Å². The fourth-order valence-corrected chi connectivity index (χ4v) is 1.28. The smallest absolute Gasteiger partial charge is 0.253 e. The second-order valence-electron chi connectivity index (χ2n) is 3.13. The zero-order valence-electron chi connectivity index (χ0n) is 7.15. The van der Waals surface area contributed by atoms with Crippen LogP contribution in [0, 0.1) is 0 Å².